The van der Waals surface area contributed by atoms with Gasteiger partial charge in [-0.3, -0.25) is 14.6 Å². The first-order valence-corrected chi connectivity index (χ1v) is 6.61. The van der Waals surface area contributed by atoms with Crippen molar-refractivity contribution in [1.29, 1.82) is 0 Å². The molecule has 0 heterocycles. The van der Waals surface area contributed by atoms with Gasteiger partial charge in [0.15, 0.2) is 0 Å². The van der Waals surface area contributed by atoms with E-state index < -0.39 is 5.92 Å². The number of nitrogens with zero attached hydrogens (tertiary/aromatic N) is 1. The SMILES string of the molecule is C=CCN=C1CC(C)(C)CC(=O)[C@@H]1C(=O)CCC. The highest BCUT2D eigenvalue weighted by atomic mass is 16.2. The quantitative estimate of drug-likeness (QED) is 0.555. The highest BCUT2D eigenvalue weighted by Crippen LogP contribution is 2.35. The van der Waals surface area contributed by atoms with Crippen molar-refractivity contribution in [2.45, 2.75) is 46.5 Å². The van der Waals surface area contributed by atoms with Gasteiger partial charge in [-0.1, -0.05) is 26.8 Å². The molecule has 18 heavy (non-hydrogen) atoms. The Balaban J connectivity index is 2.99. The van der Waals surface area contributed by atoms with E-state index in [1.54, 1.807) is 6.08 Å². The predicted octanol–water partition coefficient (Wildman–Crippen LogP) is 2.99. The van der Waals surface area contributed by atoms with E-state index in [4.69, 9.17) is 0 Å². The van der Waals surface area contributed by atoms with Gasteiger partial charge in [-0.2, -0.15) is 0 Å². The van der Waals surface area contributed by atoms with E-state index in [9.17, 15) is 9.59 Å². The summed E-state index contributed by atoms with van der Waals surface area (Å²) in [5, 5.41) is 0. The molecule has 0 bridgehead atoms. The van der Waals surface area contributed by atoms with E-state index in [1.165, 1.54) is 0 Å². The maximum atomic E-state index is 12.2. The topological polar surface area (TPSA) is 46.5 Å². The van der Waals surface area contributed by atoms with Crippen LogP contribution in [0.15, 0.2) is 17.6 Å². The minimum atomic E-state index is -0.585. The predicted molar refractivity (Wildman–Crippen MR) is 73.9 cm³/mol. The third kappa shape index (κ3) is 3.62. The van der Waals surface area contributed by atoms with Crippen molar-refractivity contribution in [2.75, 3.05) is 6.54 Å². The third-order valence-corrected chi connectivity index (χ3v) is 3.21. The molecule has 0 saturated heterocycles. The van der Waals surface area contributed by atoms with Gasteiger partial charge in [0, 0.05) is 18.6 Å². The zero-order valence-corrected chi connectivity index (χ0v) is 11.7. The lowest BCUT2D eigenvalue weighted by Gasteiger charge is -2.34. The Morgan fingerprint density at radius 3 is 2.72 bits per heavy atom. The van der Waals surface area contributed by atoms with Crippen molar-refractivity contribution in [3.63, 3.8) is 0 Å². The third-order valence-electron chi connectivity index (χ3n) is 3.21. The van der Waals surface area contributed by atoms with Gasteiger partial charge in [-0.05, 0) is 18.3 Å². The molecule has 0 aromatic carbocycles. The highest BCUT2D eigenvalue weighted by molar-refractivity contribution is 6.22. The second kappa shape index (κ2) is 6.07. The Morgan fingerprint density at radius 1 is 1.50 bits per heavy atom. The average Bonchev–Trinajstić information content (AvgIpc) is 2.24. The lowest BCUT2D eigenvalue weighted by molar-refractivity contribution is -0.132. The van der Waals surface area contributed by atoms with Gasteiger partial charge in [0.25, 0.3) is 0 Å². The monoisotopic (exact) mass is 249 g/mol. The Bertz CT molecular complexity index is 380. The first-order valence-electron chi connectivity index (χ1n) is 6.61. The summed E-state index contributed by atoms with van der Waals surface area (Å²) in [6.07, 6.45) is 4.14. The summed E-state index contributed by atoms with van der Waals surface area (Å²) in [6.45, 7) is 10.2. The molecule has 3 nitrogen and oxygen atoms in total. The molecular weight excluding hydrogens is 226 g/mol. The molecule has 0 aromatic rings. The summed E-state index contributed by atoms with van der Waals surface area (Å²) in [4.78, 5) is 28.6. The summed E-state index contributed by atoms with van der Waals surface area (Å²) in [6, 6.07) is 0. The van der Waals surface area contributed by atoms with Crippen LogP contribution in [-0.4, -0.2) is 23.8 Å². The summed E-state index contributed by atoms with van der Waals surface area (Å²) in [5.74, 6) is -0.522. The van der Waals surface area contributed by atoms with E-state index in [0.717, 1.165) is 18.6 Å². The fraction of sp³-hybridized carbons (Fsp3) is 0.667. The van der Waals surface area contributed by atoms with Crippen molar-refractivity contribution < 1.29 is 9.59 Å². The van der Waals surface area contributed by atoms with Crippen molar-refractivity contribution in [1.82, 2.24) is 0 Å². The van der Waals surface area contributed by atoms with Crippen molar-refractivity contribution >= 4 is 17.3 Å². The zero-order chi connectivity index (χ0) is 13.8. The number of hydrogen-bond acceptors (Lipinski definition) is 3. The van der Waals surface area contributed by atoms with Gasteiger partial charge in [0.2, 0.25) is 0 Å². The maximum Gasteiger partial charge on any atom is 0.149 e. The standard InChI is InChI=1S/C15H23NO2/c1-5-7-12(17)14-11(16-8-6-2)9-15(3,4)10-13(14)18/h6,14H,2,5,7-10H2,1,3-4H3/t14-/m0/s1. The molecule has 1 atom stereocenters. The molecule has 0 spiro atoms. The number of rotatable bonds is 5. The average molecular weight is 249 g/mol. The zero-order valence-electron chi connectivity index (χ0n) is 11.7. The Labute approximate surface area is 109 Å². The second-order valence-corrected chi connectivity index (χ2v) is 5.75. The first kappa shape index (κ1) is 14.8. The van der Waals surface area contributed by atoms with Crippen LogP contribution in [-0.2, 0) is 9.59 Å². The molecule has 1 aliphatic carbocycles. The minimum absolute atomic E-state index is 0.0285. The molecule has 0 amide bonds. The number of hydrogen-bond donors (Lipinski definition) is 0. The van der Waals surface area contributed by atoms with Crippen LogP contribution in [0.1, 0.15) is 46.5 Å². The molecule has 100 valence electrons. The van der Waals surface area contributed by atoms with E-state index in [-0.39, 0.29) is 17.0 Å². The molecule has 1 aliphatic rings. The van der Waals surface area contributed by atoms with Crippen molar-refractivity contribution in [3.8, 4) is 0 Å². The highest BCUT2D eigenvalue weighted by Gasteiger charge is 2.40. The van der Waals surface area contributed by atoms with Gasteiger partial charge in [0.05, 0.1) is 6.54 Å². The number of Topliss-reactive ketones (excluding diaryl/α,β-unsaturated/α-hetero) is 2. The summed E-state index contributed by atoms with van der Waals surface area (Å²) in [7, 11) is 0. The summed E-state index contributed by atoms with van der Waals surface area (Å²) >= 11 is 0. The van der Waals surface area contributed by atoms with Gasteiger partial charge in [-0.15, -0.1) is 6.58 Å². The number of carbonyl (C=O) groups excluding carboxylic acids is 2. The molecular formula is C15H23NO2. The molecule has 1 fully saturated rings. The number of carbonyl (C=O) groups is 2. The second-order valence-electron chi connectivity index (χ2n) is 5.75. The lowest BCUT2D eigenvalue weighted by atomic mass is 9.69. The lowest BCUT2D eigenvalue weighted by Crippen LogP contribution is -2.42. The Hall–Kier alpha value is -1.25. The van der Waals surface area contributed by atoms with Crippen molar-refractivity contribution in [2.24, 2.45) is 16.3 Å². The molecule has 1 rings (SSSR count). The van der Waals surface area contributed by atoms with E-state index in [2.05, 4.69) is 25.4 Å². The minimum Gasteiger partial charge on any atom is -0.298 e. The molecule has 1 saturated carbocycles. The molecule has 0 aliphatic heterocycles. The number of aliphatic imine (C=N–C) groups is 1. The van der Waals surface area contributed by atoms with Crippen LogP contribution < -0.4 is 0 Å². The van der Waals surface area contributed by atoms with Gasteiger partial charge >= 0.3 is 0 Å². The number of ketones is 2. The van der Waals surface area contributed by atoms with Crippen LogP contribution in [0.25, 0.3) is 0 Å². The molecule has 0 aromatic heterocycles. The van der Waals surface area contributed by atoms with Gasteiger partial charge < -0.3 is 0 Å². The van der Waals surface area contributed by atoms with E-state index >= 15 is 0 Å². The van der Waals surface area contributed by atoms with Gasteiger partial charge in [-0.25, -0.2) is 0 Å². The fourth-order valence-corrected chi connectivity index (χ4v) is 2.50. The smallest absolute Gasteiger partial charge is 0.149 e. The molecule has 0 radical (unpaired) electrons. The van der Waals surface area contributed by atoms with Crippen LogP contribution in [0.3, 0.4) is 0 Å². The van der Waals surface area contributed by atoms with Gasteiger partial charge in [0.1, 0.15) is 17.5 Å². The molecule has 3 heteroatoms. The first-order chi connectivity index (χ1) is 8.41. The van der Waals surface area contributed by atoms with Crippen molar-refractivity contribution in [3.05, 3.63) is 12.7 Å². The van der Waals surface area contributed by atoms with Crippen LogP contribution in [0.2, 0.25) is 0 Å². The van der Waals surface area contributed by atoms with E-state index in [1.807, 2.05) is 6.92 Å². The largest absolute Gasteiger partial charge is 0.298 e. The Kier molecular flexibility index (Phi) is 5.00. The Morgan fingerprint density at radius 2 is 2.17 bits per heavy atom. The van der Waals surface area contributed by atoms with Crippen LogP contribution in [0.4, 0.5) is 0 Å². The molecule has 0 N–H and O–H groups in total. The normalized spacial score (nSPS) is 25.2. The fourth-order valence-electron chi connectivity index (χ4n) is 2.50. The van der Waals surface area contributed by atoms with E-state index in [0.29, 0.717) is 19.4 Å². The summed E-state index contributed by atoms with van der Waals surface area (Å²) in [5.41, 5.74) is 0.676. The maximum absolute atomic E-state index is 12.2. The molecule has 0 unspecified atom stereocenters. The summed E-state index contributed by atoms with van der Waals surface area (Å²) < 4.78 is 0. The van der Waals surface area contributed by atoms with Crippen LogP contribution in [0.5, 0.6) is 0 Å². The van der Waals surface area contributed by atoms with Crippen LogP contribution >= 0.6 is 0 Å². The van der Waals surface area contributed by atoms with Crippen LogP contribution in [0, 0.1) is 11.3 Å².